The highest BCUT2D eigenvalue weighted by Gasteiger charge is 2.30. The van der Waals surface area contributed by atoms with Crippen molar-refractivity contribution in [3.63, 3.8) is 0 Å². The quantitative estimate of drug-likeness (QED) is 0.868. The summed E-state index contributed by atoms with van der Waals surface area (Å²) in [6, 6.07) is 8.47. The molecule has 1 unspecified atom stereocenters. The van der Waals surface area contributed by atoms with E-state index in [0.717, 1.165) is 30.5 Å². The Bertz CT molecular complexity index is 804. The van der Waals surface area contributed by atoms with Gasteiger partial charge in [0.15, 0.2) is 5.78 Å². The minimum atomic E-state index is -0.0414. The van der Waals surface area contributed by atoms with Crippen molar-refractivity contribution >= 4 is 11.7 Å². The number of rotatable bonds is 3. The number of Topliss-reactive ketones (excluding diaryl/α,β-unsaturated/α-hetero) is 1. The molecular weight excluding hydrogens is 300 g/mol. The molecule has 3 rings (SSSR count). The van der Waals surface area contributed by atoms with Gasteiger partial charge in [-0.15, -0.1) is 0 Å². The van der Waals surface area contributed by atoms with E-state index in [0.29, 0.717) is 11.3 Å². The third-order valence-corrected chi connectivity index (χ3v) is 5.13. The molecule has 0 aliphatic heterocycles. The third-order valence-electron chi connectivity index (χ3n) is 5.13. The zero-order chi connectivity index (χ0) is 17.4. The molecule has 24 heavy (non-hydrogen) atoms. The maximum Gasteiger partial charge on any atom is 0.256 e. The summed E-state index contributed by atoms with van der Waals surface area (Å²) in [5.74, 6) is -0.0595. The normalized spacial score (nSPS) is 16.6. The first-order chi connectivity index (χ1) is 11.4. The molecular formula is C20H24N2O2. The molecule has 0 saturated heterocycles. The largest absolute Gasteiger partial charge is 0.355 e. The highest BCUT2D eigenvalue weighted by molar-refractivity contribution is 6.02. The summed E-state index contributed by atoms with van der Waals surface area (Å²) in [5.41, 5.74) is 5.26. The Labute approximate surface area is 142 Å². The van der Waals surface area contributed by atoms with E-state index in [1.165, 1.54) is 18.1 Å². The van der Waals surface area contributed by atoms with Crippen molar-refractivity contribution < 1.29 is 9.59 Å². The van der Waals surface area contributed by atoms with E-state index < -0.39 is 0 Å². The molecule has 126 valence electrons. The summed E-state index contributed by atoms with van der Waals surface area (Å²) in [6.07, 6.45) is 3.13. The number of aromatic amines is 1. The van der Waals surface area contributed by atoms with Gasteiger partial charge in [-0.05, 0) is 49.8 Å². The van der Waals surface area contributed by atoms with Gasteiger partial charge in [-0.3, -0.25) is 9.59 Å². The predicted molar refractivity (Wildman–Crippen MR) is 94.5 cm³/mol. The number of nitrogens with one attached hydrogen (secondary N) is 1. The molecule has 1 aliphatic carbocycles. The molecule has 1 aliphatic rings. The number of hydrogen-bond donors (Lipinski definition) is 1. The molecule has 0 radical (unpaired) electrons. The second-order valence-electron chi connectivity index (χ2n) is 6.70. The first-order valence-corrected chi connectivity index (χ1v) is 8.47. The predicted octanol–water partition coefficient (Wildman–Crippen LogP) is 3.98. The van der Waals surface area contributed by atoms with E-state index >= 15 is 0 Å². The lowest BCUT2D eigenvalue weighted by atomic mass is 9.86. The molecule has 1 N–H and O–H groups in total. The van der Waals surface area contributed by atoms with Gasteiger partial charge in [0.05, 0.1) is 17.3 Å². The lowest BCUT2D eigenvalue weighted by Crippen LogP contribution is -2.33. The second kappa shape index (κ2) is 6.27. The smallest absolute Gasteiger partial charge is 0.256 e. The van der Waals surface area contributed by atoms with Crippen LogP contribution in [0.3, 0.4) is 0 Å². The van der Waals surface area contributed by atoms with Gasteiger partial charge in [0.25, 0.3) is 5.91 Å². The third kappa shape index (κ3) is 2.66. The van der Waals surface area contributed by atoms with Crippen molar-refractivity contribution in [2.24, 2.45) is 0 Å². The molecule has 0 spiro atoms. The Hall–Kier alpha value is -2.36. The highest BCUT2D eigenvalue weighted by atomic mass is 16.2. The van der Waals surface area contributed by atoms with Gasteiger partial charge in [0, 0.05) is 19.7 Å². The van der Waals surface area contributed by atoms with E-state index in [-0.39, 0.29) is 17.7 Å². The van der Waals surface area contributed by atoms with Crippen molar-refractivity contribution in [3.8, 4) is 0 Å². The fourth-order valence-electron chi connectivity index (χ4n) is 3.87. The van der Waals surface area contributed by atoms with E-state index in [9.17, 15) is 9.59 Å². The number of carbonyl (C=O) groups is 2. The van der Waals surface area contributed by atoms with Crippen LogP contribution in [0.4, 0.5) is 0 Å². The minimum Gasteiger partial charge on any atom is -0.355 e. The van der Waals surface area contributed by atoms with Gasteiger partial charge in [-0.2, -0.15) is 0 Å². The van der Waals surface area contributed by atoms with Gasteiger partial charge in [-0.25, -0.2) is 0 Å². The van der Waals surface area contributed by atoms with E-state index in [1.807, 2.05) is 31.9 Å². The zero-order valence-electron chi connectivity index (χ0n) is 14.8. The van der Waals surface area contributed by atoms with Crippen molar-refractivity contribution in [3.05, 3.63) is 57.9 Å². The number of benzene rings is 1. The van der Waals surface area contributed by atoms with Crippen LogP contribution in [0, 0.1) is 13.8 Å². The fourth-order valence-corrected chi connectivity index (χ4v) is 3.87. The molecule has 1 aromatic carbocycles. The standard InChI is InChI=1S/C20H24N2O2/c1-12-18(13(2)21-19(12)14(3)23)20(24)22(4)17-11-7-9-15-8-5-6-10-16(15)17/h5-6,8,10,17,21H,7,9,11H2,1-4H3. The average molecular weight is 324 g/mol. The van der Waals surface area contributed by atoms with Crippen LogP contribution in [0.5, 0.6) is 0 Å². The van der Waals surface area contributed by atoms with Crippen LogP contribution >= 0.6 is 0 Å². The maximum absolute atomic E-state index is 13.1. The van der Waals surface area contributed by atoms with Crippen LogP contribution < -0.4 is 0 Å². The number of aryl methyl sites for hydroxylation is 2. The monoisotopic (exact) mass is 324 g/mol. The first kappa shape index (κ1) is 16.5. The SMILES string of the molecule is CC(=O)c1[nH]c(C)c(C(=O)N(C)C2CCCc3ccccc32)c1C. The van der Waals surface area contributed by atoms with Crippen LogP contribution in [0.1, 0.15) is 69.0 Å². The van der Waals surface area contributed by atoms with Crippen molar-refractivity contribution in [1.82, 2.24) is 9.88 Å². The molecule has 4 nitrogen and oxygen atoms in total. The Morgan fingerprint density at radius 2 is 1.92 bits per heavy atom. The Morgan fingerprint density at radius 3 is 2.58 bits per heavy atom. The van der Waals surface area contributed by atoms with Crippen LogP contribution in [-0.2, 0) is 6.42 Å². The summed E-state index contributed by atoms with van der Waals surface area (Å²) in [5, 5.41) is 0. The molecule has 2 aromatic rings. The number of nitrogens with zero attached hydrogens (tertiary/aromatic N) is 1. The number of ketones is 1. The van der Waals surface area contributed by atoms with Crippen LogP contribution in [0.25, 0.3) is 0 Å². The highest BCUT2D eigenvalue weighted by Crippen LogP contribution is 2.35. The summed E-state index contributed by atoms with van der Waals surface area (Å²) >= 11 is 0. The summed E-state index contributed by atoms with van der Waals surface area (Å²) in [6.45, 7) is 5.22. The molecule has 1 aromatic heterocycles. The first-order valence-electron chi connectivity index (χ1n) is 8.47. The number of hydrogen-bond acceptors (Lipinski definition) is 2. The topological polar surface area (TPSA) is 53.2 Å². The zero-order valence-corrected chi connectivity index (χ0v) is 14.8. The second-order valence-corrected chi connectivity index (χ2v) is 6.70. The Morgan fingerprint density at radius 1 is 1.21 bits per heavy atom. The molecule has 1 heterocycles. The van der Waals surface area contributed by atoms with Gasteiger partial charge < -0.3 is 9.88 Å². The van der Waals surface area contributed by atoms with Crippen LogP contribution in [-0.4, -0.2) is 28.6 Å². The van der Waals surface area contributed by atoms with Crippen LogP contribution in [0.15, 0.2) is 24.3 Å². The van der Waals surface area contributed by atoms with Crippen molar-refractivity contribution in [1.29, 1.82) is 0 Å². The summed E-state index contributed by atoms with van der Waals surface area (Å²) in [7, 11) is 1.87. The average Bonchev–Trinajstić information content (AvgIpc) is 2.88. The Balaban J connectivity index is 1.96. The number of H-pyrrole nitrogens is 1. The summed E-state index contributed by atoms with van der Waals surface area (Å²) in [4.78, 5) is 29.8. The molecule has 0 bridgehead atoms. The molecule has 1 amide bonds. The summed E-state index contributed by atoms with van der Waals surface area (Å²) < 4.78 is 0. The number of fused-ring (bicyclic) bond motifs is 1. The molecule has 0 saturated carbocycles. The molecule has 4 heteroatoms. The van der Waals surface area contributed by atoms with Crippen molar-refractivity contribution in [2.45, 2.75) is 46.1 Å². The number of amides is 1. The van der Waals surface area contributed by atoms with E-state index in [2.05, 4.69) is 23.2 Å². The van der Waals surface area contributed by atoms with E-state index in [4.69, 9.17) is 0 Å². The van der Waals surface area contributed by atoms with Gasteiger partial charge >= 0.3 is 0 Å². The van der Waals surface area contributed by atoms with Crippen molar-refractivity contribution in [2.75, 3.05) is 7.05 Å². The fraction of sp³-hybridized carbons (Fsp3) is 0.400. The minimum absolute atomic E-state index is 0.0181. The van der Waals surface area contributed by atoms with Crippen LogP contribution in [0.2, 0.25) is 0 Å². The number of carbonyl (C=O) groups excluding carboxylic acids is 2. The lowest BCUT2D eigenvalue weighted by molar-refractivity contribution is 0.0714. The van der Waals surface area contributed by atoms with Gasteiger partial charge in [-0.1, -0.05) is 24.3 Å². The van der Waals surface area contributed by atoms with E-state index in [1.54, 1.807) is 0 Å². The Kier molecular flexibility index (Phi) is 4.31. The maximum atomic E-state index is 13.1. The lowest BCUT2D eigenvalue weighted by Gasteiger charge is -2.33. The molecule has 0 fully saturated rings. The number of aromatic nitrogens is 1. The van der Waals surface area contributed by atoms with Gasteiger partial charge in [0.2, 0.25) is 0 Å². The molecule has 1 atom stereocenters. The van der Waals surface area contributed by atoms with Gasteiger partial charge in [0.1, 0.15) is 0 Å².